The summed E-state index contributed by atoms with van der Waals surface area (Å²) in [5, 5.41) is 4.43. The number of rotatable bonds is 5. The Morgan fingerprint density at radius 3 is 2.41 bits per heavy atom. The van der Waals surface area contributed by atoms with E-state index in [9.17, 15) is 9.59 Å². The summed E-state index contributed by atoms with van der Waals surface area (Å²) in [6.07, 6.45) is 3.34. The summed E-state index contributed by atoms with van der Waals surface area (Å²) in [4.78, 5) is 25.5. The van der Waals surface area contributed by atoms with Crippen LogP contribution < -0.4 is 10.2 Å². The first-order valence-corrected chi connectivity index (χ1v) is 9.45. The first kappa shape index (κ1) is 19.4. The first-order valence-electron chi connectivity index (χ1n) is 9.45. The van der Waals surface area contributed by atoms with Crippen molar-refractivity contribution < 1.29 is 14.3 Å². The summed E-state index contributed by atoms with van der Waals surface area (Å²) in [7, 11) is 3.41. The summed E-state index contributed by atoms with van der Waals surface area (Å²) in [6, 6.07) is 6.76. The third-order valence-electron chi connectivity index (χ3n) is 6.71. The van der Waals surface area contributed by atoms with Crippen LogP contribution in [0.5, 0.6) is 5.75 Å². The number of ether oxygens (including phenoxy) is 1. The van der Waals surface area contributed by atoms with Crippen molar-refractivity contribution in [2.75, 3.05) is 20.7 Å². The van der Waals surface area contributed by atoms with E-state index in [1.807, 2.05) is 0 Å². The Kier molecular flexibility index (Phi) is 5.02. The van der Waals surface area contributed by atoms with Crippen molar-refractivity contribution in [2.45, 2.75) is 40.0 Å². The molecule has 0 radical (unpaired) electrons. The van der Waals surface area contributed by atoms with Gasteiger partial charge in [-0.25, -0.2) is 5.43 Å². The fraction of sp³-hybridized carbons (Fsp3) is 0.571. The minimum Gasteiger partial charge on any atom is -0.484 e. The van der Waals surface area contributed by atoms with Crippen LogP contribution in [-0.4, -0.2) is 43.1 Å². The van der Waals surface area contributed by atoms with Crippen molar-refractivity contribution in [3.8, 4) is 5.75 Å². The number of nitrogens with zero attached hydrogens (tertiary/aromatic N) is 2. The van der Waals surface area contributed by atoms with Crippen LogP contribution in [0.3, 0.4) is 0 Å². The summed E-state index contributed by atoms with van der Waals surface area (Å²) in [5.74, 6) is 0.844. The molecule has 146 valence electrons. The van der Waals surface area contributed by atoms with Gasteiger partial charge in [0.15, 0.2) is 6.61 Å². The number of hydrogen-bond donors (Lipinski definition) is 1. The van der Waals surface area contributed by atoms with E-state index in [-0.39, 0.29) is 29.3 Å². The second kappa shape index (κ2) is 6.98. The molecule has 1 aromatic carbocycles. The van der Waals surface area contributed by atoms with Crippen LogP contribution in [-0.2, 0) is 4.79 Å². The van der Waals surface area contributed by atoms with E-state index in [0.29, 0.717) is 17.2 Å². The van der Waals surface area contributed by atoms with Crippen LogP contribution in [0.15, 0.2) is 29.4 Å². The summed E-state index contributed by atoms with van der Waals surface area (Å²) in [6.45, 7) is 6.77. The van der Waals surface area contributed by atoms with E-state index >= 15 is 0 Å². The van der Waals surface area contributed by atoms with E-state index < -0.39 is 0 Å². The molecule has 6 nitrogen and oxygen atoms in total. The van der Waals surface area contributed by atoms with Crippen LogP contribution in [0.4, 0.5) is 0 Å². The van der Waals surface area contributed by atoms with Crippen LogP contribution in [0.1, 0.15) is 50.4 Å². The third kappa shape index (κ3) is 3.45. The maximum absolute atomic E-state index is 12.1. The largest absolute Gasteiger partial charge is 0.484 e. The highest BCUT2D eigenvalue weighted by Crippen LogP contribution is 2.63. The molecule has 27 heavy (non-hydrogen) atoms. The van der Waals surface area contributed by atoms with Crippen molar-refractivity contribution >= 4 is 17.5 Å². The Morgan fingerprint density at radius 2 is 1.89 bits per heavy atom. The highest BCUT2D eigenvalue weighted by atomic mass is 16.5. The SMILES string of the molecule is CN(C)C(=O)c1ccc(OCC(=O)N/N=C2/CC3CCC2(C)C3(C)C)cc1. The highest BCUT2D eigenvalue weighted by molar-refractivity contribution is 5.95. The standard InChI is InChI=1S/C21H29N3O3/c1-20(2)15-10-11-21(20,3)17(12-15)22-23-18(25)13-27-16-8-6-14(7-9-16)19(26)24(4)5/h6-9,15H,10-13H2,1-5H3,(H,23,25)/b22-17-. The zero-order chi connectivity index (χ0) is 19.8. The molecule has 2 fully saturated rings. The fourth-order valence-corrected chi connectivity index (χ4v) is 4.36. The van der Waals surface area contributed by atoms with Crippen molar-refractivity contribution in [3.05, 3.63) is 29.8 Å². The molecule has 2 saturated carbocycles. The second-order valence-electron chi connectivity index (χ2n) is 8.60. The number of nitrogens with one attached hydrogen (secondary N) is 1. The van der Waals surface area contributed by atoms with Crippen molar-refractivity contribution in [3.63, 3.8) is 0 Å². The number of carbonyl (C=O) groups is 2. The smallest absolute Gasteiger partial charge is 0.277 e. The van der Waals surface area contributed by atoms with Gasteiger partial charge >= 0.3 is 0 Å². The topological polar surface area (TPSA) is 71.0 Å². The minimum atomic E-state index is -0.278. The van der Waals surface area contributed by atoms with Gasteiger partial charge in [0, 0.05) is 30.8 Å². The summed E-state index contributed by atoms with van der Waals surface area (Å²) in [5.41, 5.74) is 4.64. The molecule has 1 N–H and O–H groups in total. The van der Waals surface area contributed by atoms with Gasteiger partial charge in [-0.15, -0.1) is 0 Å². The summed E-state index contributed by atoms with van der Waals surface area (Å²) < 4.78 is 5.50. The monoisotopic (exact) mass is 371 g/mol. The molecule has 3 rings (SSSR count). The quantitative estimate of drug-likeness (QED) is 0.809. The number of benzene rings is 1. The molecular formula is C21H29N3O3. The fourth-order valence-electron chi connectivity index (χ4n) is 4.36. The predicted molar refractivity (Wildman–Crippen MR) is 105 cm³/mol. The van der Waals surface area contributed by atoms with E-state index in [1.165, 1.54) is 11.3 Å². The second-order valence-corrected chi connectivity index (χ2v) is 8.60. The molecule has 0 saturated heterocycles. The van der Waals surface area contributed by atoms with Crippen LogP contribution in [0.2, 0.25) is 0 Å². The molecule has 2 bridgehead atoms. The Morgan fingerprint density at radius 1 is 1.22 bits per heavy atom. The minimum absolute atomic E-state index is 0.0701. The lowest BCUT2D eigenvalue weighted by molar-refractivity contribution is -0.123. The first-order chi connectivity index (χ1) is 12.6. The Labute approximate surface area is 161 Å². The van der Waals surface area contributed by atoms with Crippen LogP contribution in [0.25, 0.3) is 0 Å². The van der Waals surface area contributed by atoms with Crippen LogP contribution >= 0.6 is 0 Å². The predicted octanol–water partition coefficient (Wildman–Crippen LogP) is 3.09. The van der Waals surface area contributed by atoms with Gasteiger partial charge in [-0.3, -0.25) is 9.59 Å². The Bertz CT molecular complexity index is 767. The zero-order valence-electron chi connectivity index (χ0n) is 16.8. The Hall–Kier alpha value is -2.37. The number of hydrogen-bond acceptors (Lipinski definition) is 4. The number of hydrazone groups is 1. The lowest BCUT2D eigenvalue weighted by atomic mass is 9.70. The average molecular weight is 371 g/mol. The molecule has 2 unspecified atom stereocenters. The molecule has 0 aliphatic heterocycles. The van der Waals surface area contributed by atoms with Gasteiger partial charge in [-0.05, 0) is 54.9 Å². The molecule has 0 spiro atoms. The lowest BCUT2D eigenvalue weighted by Gasteiger charge is -2.34. The molecule has 0 heterocycles. The lowest BCUT2D eigenvalue weighted by Crippen LogP contribution is -2.35. The molecule has 1 aromatic rings. The number of carbonyl (C=O) groups excluding carboxylic acids is 2. The van der Waals surface area contributed by atoms with Gasteiger partial charge in [0.05, 0.1) is 0 Å². The number of fused-ring (bicyclic) bond motifs is 2. The third-order valence-corrected chi connectivity index (χ3v) is 6.71. The summed E-state index contributed by atoms with van der Waals surface area (Å²) >= 11 is 0. The molecule has 2 aliphatic carbocycles. The van der Waals surface area contributed by atoms with E-state index in [4.69, 9.17) is 4.74 Å². The normalized spacial score (nSPS) is 26.9. The van der Waals surface area contributed by atoms with Crippen LogP contribution in [0, 0.1) is 16.7 Å². The van der Waals surface area contributed by atoms with Crippen molar-refractivity contribution in [1.29, 1.82) is 0 Å². The molecule has 0 aromatic heterocycles. The van der Waals surface area contributed by atoms with Crippen molar-refractivity contribution in [2.24, 2.45) is 21.8 Å². The van der Waals surface area contributed by atoms with Gasteiger partial charge in [-0.2, -0.15) is 5.10 Å². The van der Waals surface area contributed by atoms with Gasteiger partial charge in [0.2, 0.25) is 0 Å². The van der Waals surface area contributed by atoms with Gasteiger partial charge in [-0.1, -0.05) is 20.8 Å². The maximum atomic E-state index is 12.1. The zero-order valence-corrected chi connectivity index (χ0v) is 16.8. The maximum Gasteiger partial charge on any atom is 0.277 e. The van der Waals surface area contributed by atoms with Gasteiger partial charge < -0.3 is 9.64 Å². The van der Waals surface area contributed by atoms with E-state index in [1.54, 1.807) is 38.4 Å². The van der Waals surface area contributed by atoms with E-state index in [0.717, 1.165) is 18.6 Å². The molecular weight excluding hydrogens is 342 g/mol. The van der Waals surface area contributed by atoms with Gasteiger partial charge in [0.1, 0.15) is 5.75 Å². The Balaban J connectivity index is 1.53. The molecule has 2 atom stereocenters. The van der Waals surface area contributed by atoms with Gasteiger partial charge in [0.25, 0.3) is 11.8 Å². The average Bonchev–Trinajstić information content (AvgIpc) is 2.97. The highest BCUT2D eigenvalue weighted by Gasteiger charge is 2.60. The van der Waals surface area contributed by atoms with Crippen molar-refractivity contribution in [1.82, 2.24) is 10.3 Å². The molecule has 2 aliphatic rings. The molecule has 2 amide bonds. The molecule has 6 heteroatoms. The number of amides is 2. The van der Waals surface area contributed by atoms with E-state index in [2.05, 4.69) is 31.3 Å².